The van der Waals surface area contributed by atoms with Crippen LogP contribution in [0.3, 0.4) is 0 Å². The first-order valence-corrected chi connectivity index (χ1v) is 9.14. The van der Waals surface area contributed by atoms with Crippen molar-refractivity contribution < 1.29 is 4.79 Å². The average molecular weight is 336 g/mol. The second-order valence-electron chi connectivity index (χ2n) is 6.77. The molecule has 0 radical (unpaired) electrons. The molecule has 3 heterocycles. The molecule has 0 bridgehead atoms. The fraction of sp³-hybridized carbons (Fsp3) is 0.400. The Labute approximate surface area is 148 Å². The van der Waals surface area contributed by atoms with E-state index in [1.807, 2.05) is 35.2 Å². The van der Waals surface area contributed by atoms with E-state index in [9.17, 15) is 4.79 Å². The van der Waals surface area contributed by atoms with Gasteiger partial charge < -0.3 is 15.1 Å². The van der Waals surface area contributed by atoms with Gasteiger partial charge in [0.05, 0.1) is 17.4 Å². The minimum Gasteiger partial charge on any atom is -0.370 e. The number of para-hydroxylation sites is 2. The van der Waals surface area contributed by atoms with Crippen LogP contribution in [0.1, 0.15) is 37.3 Å². The van der Waals surface area contributed by atoms with Gasteiger partial charge in [-0.25, -0.2) is 4.79 Å². The number of aromatic nitrogens is 1. The molecule has 5 heteroatoms. The maximum absolute atomic E-state index is 12.9. The zero-order valence-corrected chi connectivity index (χ0v) is 14.4. The largest absolute Gasteiger partial charge is 0.370 e. The second kappa shape index (κ2) is 7.13. The summed E-state index contributed by atoms with van der Waals surface area (Å²) >= 11 is 0. The number of hydrogen-bond donors (Lipinski definition) is 1. The highest BCUT2D eigenvalue weighted by Crippen LogP contribution is 2.33. The van der Waals surface area contributed by atoms with E-state index in [4.69, 9.17) is 0 Å². The molecule has 2 amide bonds. The fourth-order valence-corrected chi connectivity index (χ4v) is 3.94. The lowest BCUT2D eigenvalue weighted by molar-refractivity contribution is 0.207. The standard InChI is InChI=1S/C20H24N4O/c25-20(24-15-5-8-18(24)16-9-11-21-12-10-16)22-17-6-1-2-7-19(17)23-13-3-4-14-23/h1-2,6-7,9-12,18H,3-5,8,13-15H2,(H,22,25). The highest BCUT2D eigenvalue weighted by atomic mass is 16.2. The third kappa shape index (κ3) is 3.31. The second-order valence-corrected chi connectivity index (χ2v) is 6.77. The number of pyridine rings is 1. The Morgan fingerprint density at radius 1 is 1.00 bits per heavy atom. The van der Waals surface area contributed by atoms with Crippen LogP contribution in [0.4, 0.5) is 16.2 Å². The van der Waals surface area contributed by atoms with E-state index in [0.717, 1.165) is 49.4 Å². The highest BCUT2D eigenvalue weighted by molar-refractivity contribution is 5.93. The van der Waals surface area contributed by atoms with E-state index in [1.54, 1.807) is 12.4 Å². The van der Waals surface area contributed by atoms with Crippen LogP contribution in [0.25, 0.3) is 0 Å². The fourth-order valence-electron chi connectivity index (χ4n) is 3.94. The van der Waals surface area contributed by atoms with Crippen molar-refractivity contribution in [1.82, 2.24) is 9.88 Å². The van der Waals surface area contributed by atoms with Crippen LogP contribution in [-0.4, -0.2) is 35.5 Å². The summed E-state index contributed by atoms with van der Waals surface area (Å²) < 4.78 is 0. The van der Waals surface area contributed by atoms with Crippen molar-refractivity contribution in [3.8, 4) is 0 Å². The summed E-state index contributed by atoms with van der Waals surface area (Å²) in [6.45, 7) is 2.93. The Hall–Kier alpha value is -2.56. The molecule has 0 aliphatic carbocycles. The van der Waals surface area contributed by atoms with Crippen LogP contribution in [0.2, 0.25) is 0 Å². The first kappa shape index (κ1) is 15.9. The predicted molar refractivity (Wildman–Crippen MR) is 99.8 cm³/mol. The zero-order chi connectivity index (χ0) is 17.1. The maximum Gasteiger partial charge on any atom is 0.322 e. The molecule has 2 aliphatic heterocycles. The summed E-state index contributed by atoms with van der Waals surface area (Å²) in [6.07, 6.45) is 8.08. The van der Waals surface area contributed by atoms with Crippen molar-refractivity contribution in [2.75, 3.05) is 29.9 Å². The minimum absolute atomic E-state index is 0.00837. The molecule has 2 aromatic rings. The number of benzene rings is 1. The van der Waals surface area contributed by atoms with Crippen LogP contribution in [0, 0.1) is 0 Å². The van der Waals surface area contributed by atoms with E-state index >= 15 is 0 Å². The zero-order valence-electron chi connectivity index (χ0n) is 14.4. The molecule has 5 nitrogen and oxygen atoms in total. The van der Waals surface area contributed by atoms with E-state index in [2.05, 4.69) is 21.3 Å². The van der Waals surface area contributed by atoms with E-state index in [-0.39, 0.29) is 12.1 Å². The van der Waals surface area contributed by atoms with Crippen molar-refractivity contribution >= 4 is 17.4 Å². The molecule has 2 fully saturated rings. The summed E-state index contributed by atoms with van der Waals surface area (Å²) in [5.41, 5.74) is 3.21. The minimum atomic E-state index is -0.00837. The van der Waals surface area contributed by atoms with E-state index < -0.39 is 0 Å². The molecule has 4 rings (SSSR count). The van der Waals surface area contributed by atoms with Gasteiger partial charge in [0.2, 0.25) is 0 Å². The smallest absolute Gasteiger partial charge is 0.322 e. The molecule has 25 heavy (non-hydrogen) atoms. The molecule has 2 saturated heterocycles. The first-order chi connectivity index (χ1) is 12.3. The van der Waals surface area contributed by atoms with Crippen molar-refractivity contribution in [3.63, 3.8) is 0 Å². The van der Waals surface area contributed by atoms with Gasteiger partial charge in [-0.3, -0.25) is 4.98 Å². The number of likely N-dealkylation sites (tertiary alicyclic amines) is 1. The van der Waals surface area contributed by atoms with Crippen LogP contribution < -0.4 is 10.2 Å². The Kier molecular flexibility index (Phi) is 4.55. The molecule has 1 N–H and O–H groups in total. The summed E-state index contributed by atoms with van der Waals surface area (Å²) in [4.78, 5) is 21.3. The monoisotopic (exact) mass is 336 g/mol. The molecule has 130 valence electrons. The van der Waals surface area contributed by atoms with Crippen molar-refractivity contribution in [2.24, 2.45) is 0 Å². The number of rotatable bonds is 3. The van der Waals surface area contributed by atoms with Gasteiger partial charge in [0.1, 0.15) is 0 Å². The van der Waals surface area contributed by atoms with Gasteiger partial charge in [-0.2, -0.15) is 0 Å². The number of carbonyl (C=O) groups is 1. The number of nitrogens with zero attached hydrogens (tertiary/aromatic N) is 3. The van der Waals surface area contributed by atoms with Crippen molar-refractivity contribution in [3.05, 3.63) is 54.4 Å². The molecule has 1 aromatic carbocycles. The van der Waals surface area contributed by atoms with E-state index in [1.165, 1.54) is 12.8 Å². The topological polar surface area (TPSA) is 48.5 Å². The molecule has 1 atom stereocenters. The average Bonchev–Trinajstić information content (AvgIpc) is 3.35. The Balaban J connectivity index is 1.52. The summed E-state index contributed by atoms with van der Waals surface area (Å²) in [7, 11) is 0. The first-order valence-electron chi connectivity index (χ1n) is 9.14. The van der Waals surface area contributed by atoms with Crippen molar-refractivity contribution in [2.45, 2.75) is 31.7 Å². The summed E-state index contributed by atoms with van der Waals surface area (Å²) in [5, 5.41) is 3.16. The number of nitrogens with one attached hydrogen (secondary N) is 1. The number of amides is 2. The van der Waals surface area contributed by atoms with E-state index in [0.29, 0.717) is 0 Å². The van der Waals surface area contributed by atoms with Crippen LogP contribution in [0.15, 0.2) is 48.8 Å². The Morgan fingerprint density at radius 3 is 2.56 bits per heavy atom. The molecular formula is C20H24N4O. The molecule has 1 aromatic heterocycles. The van der Waals surface area contributed by atoms with Gasteiger partial charge in [-0.05, 0) is 55.5 Å². The van der Waals surface area contributed by atoms with Crippen LogP contribution in [0.5, 0.6) is 0 Å². The Morgan fingerprint density at radius 2 is 1.76 bits per heavy atom. The lowest BCUT2D eigenvalue weighted by Crippen LogP contribution is -2.35. The lowest BCUT2D eigenvalue weighted by Gasteiger charge is -2.27. The summed E-state index contributed by atoms with van der Waals surface area (Å²) in [6, 6.07) is 12.3. The SMILES string of the molecule is O=C(Nc1ccccc1N1CCCC1)N1CCCC1c1ccncc1. The molecule has 1 unspecified atom stereocenters. The number of carbonyl (C=O) groups excluding carboxylic acids is 1. The van der Waals surface area contributed by atoms with Gasteiger partial charge in [-0.1, -0.05) is 12.1 Å². The van der Waals surface area contributed by atoms with Gasteiger partial charge >= 0.3 is 6.03 Å². The molecule has 2 aliphatic rings. The number of hydrogen-bond acceptors (Lipinski definition) is 3. The van der Waals surface area contributed by atoms with Gasteiger partial charge in [0, 0.05) is 32.0 Å². The highest BCUT2D eigenvalue weighted by Gasteiger charge is 2.30. The van der Waals surface area contributed by atoms with Gasteiger partial charge in [-0.15, -0.1) is 0 Å². The van der Waals surface area contributed by atoms with Crippen molar-refractivity contribution in [1.29, 1.82) is 0 Å². The molecule has 0 spiro atoms. The quantitative estimate of drug-likeness (QED) is 0.920. The number of urea groups is 1. The third-order valence-electron chi connectivity index (χ3n) is 5.20. The summed E-state index contributed by atoms with van der Waals surface area (Å²) in [5.74, 6) is 0. The lowest BCUT2D eigenvalue weighted by atomic mass is 10.1. The number of anilines is 2. The van der Waals surface area contributed by atoms with Gasteiger partial charge in [0.25, 0.3) is 0 Å². The van der Waals surface area contributed by atoms with Crippen LogP contribution >= 0.6 is 0 Å². The normalized spacial score (nSPS) is 20.1. The Bertz CT molecular complexity index is 727. The van der Waals surface area contributed by atoms with Gasteiger partial charge in [0.15, 0.2) is 0 Å². The molecular weight excluding hydrogens is 312 g/mol. The molecule has 0 saturated carbocycles. The van der Waals surface area contributed by atoms with Crippen LogP contribution in [-0.2, 0) is 0 Å². The third-order valence-corrected chi connectivity index (χ3v) is 5.20. The predicted octanol–water partition coefficient (Wildman–Crippen LogP) is 4.05. The maximum atomic E-state index is 12.9.